The Morgan fingerprint density at radius 1 is 1.18 bits per heavy atom. The lowest BCUT2D eigenvalue weighted by atomic mass is 10.0. The molecular formula is C22H25N5O. The summed E-state index contributed by atoms with van der Waals surface area (Å²) < 4.78 is 5.93. The summed E-state index contributed by atoms with van der Waals surface area (Å²) in [7, 11) is 0. The van der Waals surface area contributed by atoms with Gasteiger partial charge >= 0.3 is 0 Å². The normalized spacial score (nSPS) is 18.6. The van der Waals surface area contributed by atoms with Crippen LogP contribution in [0.2, 0.25) is 0 Å². The number of hydrogen-bond acceptors (Lipinski definition) is 6. The number of nitrogens with one attached hydrogen (secondary N) is 1. The highest BCUT2D eigenvalue weighted by Crippen LogP contribution is 2.35. The van der Waals surface area contributed by atoms with Crippen LogP contribution < -0.4 is 16.0 Å². The van der Waals surface area contributed by atoms with Gasteiger partial charge in [0.25, 0.3) is 0 Å². The van der Waals surface area contributed by atoms with Crippen molar-refractivity contribution in [2.45, 2.75) is 32.8 Å². The highest BCUT2D eigenvalue weighted by Gasteiger charge is 2.32. The first-order chi connectivity index (χ1) is 13.6. The molecule has 1 aliphatic carbocycles. The van der Waals surface area contributed by atoms with E-state index in [0.29, 0.717) is 12.0 Å². The minimum Gasteiger partial charge on any atom is -0.490 e. The van der Waals surface area contributed by atoms with Crippen LogP contribution in [0.25, 0.3) is 16.5 Å². The molecule has 6 heteroatoms. The van der Waals surface area contributed by atoms with Crippen molar-refractivity contribution < 1.29 is 4.74 Å². The van der Waals surface area contributed by atoms with E-state index < -0.39 is 0 Å². The van der Waals surface area contributed by atoms with Crippen LogP contribution in [0.4, 0.5) is 0 Å². The van der Waals surface area contributed by atoms with E-state index in [-0.39, 0.29) is 0 Å². The molecule has 0 radical (unpaired) electrons. The molecule has 2 aliphatic heterocycles. The van der Waals surface area contributed by atoms with Crippen molar-refractivity contribution in [3.8, 4) is 5.75 Å². The molecule has 144 valence electrons. The molecule has 1 fully saturated rings. The molecule has 6 nitrogen and oxygen atoms in total. The van der Waals surface area contributed by atoms with Crippen molar-refractivity contribution in [3.63, 3.8) is 0 Å². The lowest BCUT2D eigenvalue weighted by Crippen LogP contribution is -2.36. The van der Waals surface area contributed by atoms with Crippen LogP contribution in [-0.4, -0.2) is 29.0 Å². The first-order valence-electron chi connectivity index (χ1n) is 9.85. The number of ether oxygens (including phenoxy) is 1. The number of rotatable bonds is 5. The predicted molar refractivity (Wildman–Crippen MR) is 112 cm³/mol. The highest BCUT2D eigenvalue weighted by atomic mass is 16.5. The SMILES string of the molecule is CC(C)CN1NC(c2ccc3cc(OC4CC4)ccc3c2)=C2C1=CN=CN2N. The number of aliphatic imine (C=N–C) groups is 1. The van der Waals surface area contributed by atoms with Gasteiger partial charge in [-0.1, -0.05) is 32.0 Å². The summed E-state index contributed by atoms with van der Waals surface area (Å²) in [5.41, 5.74) is 7.59. The molecule has 2 aromatic carbocycles. The molecule has 0 unspecified atom stereocenters. The van der Waals surface area contributed by atoms with Gasteiger partial charge in [0.1, 0.15) is 23.5 Å². The number of hydrazine groups is 2. The minimum absolute atomic E-state index is 0.409. The van der Waals surface area contributed by atoms with Crippen molar-refractivity contribution in [1.29, 1.82) is 0 Å². The van der Waals surface area contributed by atoms with E-state index >= 15 is 0 Å². The summed E-state index contributed by atoms with van der Waals surface area (Å²) in [4.78, 5) is 4.26. The number of benzene rings is 2. The molecular weight excluding hydrogens is 350 g/mol. The van der Waals surface area contributed by atoms with Crippen LogP contribution in [0.5, 0.6) is 5.75 Å². The van der Waals surface area contributed by atoms with Gasteiger partial charge in [-0.2, -0.15) is 0 Å². The zero-order valence-corrected chi connectivity index (χ0v) is 16.2. The molecule has 3 N–H and O–H groups in total. The predicted octanol–water partition coefficient (Wildman–Crippen LogP) is 3.58. The monoisotopic (exact) mass is 375 g/mol. The Labute approximate surface area is 164 Å². The fraction of sp³-hybridized carbons (Fsp3) is 0.318. The minimum atomic E-state index is 0.409. The largest absolute Gasteiger partial charge is 0.490 e. The molecule has 0 amide bonds. The number of nitrogens with zero attached hydrogens (tertiary/aromatic N) is 3. The third-order valence-electron chi connectivity index (χ3n) is 5.14. The smallest absolute Gasteiger partial charge is 0.120 e. The number of fused-ring (bicyclic) bond motifs is 2. The fourth-order valence-corrected chi connectivity index (χ4v) is 3.67. The van der Waals surface area contributed by atoms with E-state index in [9.17, 15) is 0 Å². The van der Waals surface area contributed by atoms with Gasteiger partial charge < -0.3 is 4.74 Å². The quantitative estimate of drug-likeness (QED) is 0.782. The Hall–Kier alpha value is -2.99. The van der Waals surface area contributed by atoms with Gasteiger partial charge in [-0.05, 0) is 47.7 Å². The first-order valence-corrected chi connectivity index (χ1v) is 9.85. The van der Waals surface area contributed by atoms with Crippen LogP contribution >= 0.6 is 0 Å². The van der Waals surface area contributed by atoms with E-state index in [1.54, 1.807) is 11.3 Å². The van der Waals surface area contributed by atoms with E-state index in [2.05, 4.69) is 65.7 Å². The molecule has 2 aromatic rings. The Bertz CT molecular complexity index is 1020. The summed E-state index contributed by atoms with van der Waals surface area (Å²) in [5, 5.41) is 6.07. The maximum atomic E-state index is 6.23. The van der Waals surface area contributed by atoms with Gasteiger partial charge in [0.2, 0.25) is 0 Å². The molecule has 0 aromatic heterocycles. The van der Waals surface area contributed by atoms with Crippen molar-refractivity contribution in [2.75, 3.05) is 6.54 Å². The second-order valence-electron chi connectivity index (χ2n) is 8.07. The molecule has 5 rings (SSSR count). The van der Waals surface area contributed by atoms with E-state index in [4.69, 9.17) is 10.6 Å². The summed E-state index contributed by atoms with van der Waals surface area (Å²) in [6, 6.07) is 12.8. The zero-order valence-electron chi connectivity index (χ0n) is 16.2. The number of hydrogen-bond donors (Lipinski definition) is 2. The fourth-order valence-electron chi connectivity index (χ4n) is 3.67. The Morgan fingerprint density at radius 3 is 2.75 bits per heavy atom. The van der Waals surface area contributed by atoms with Crippen LogP contribution in [0.3, 0.4) is 0 Å². The van der Waals surface area contributed by atoms with Crippen LogP contribution in [0.1, 0.15) is 32.3 Å². The van der Waals surface area contributed by atoms with Gasteiger partial charge in [-0.3, -0.25) is 15.4 Å². The Balaban J connectivity index is 1.51. The van der Waals surface area contributed by atoms with Gasteiger partial charge in [0.05, 0.1) is 18.0 Å². The van der Waals surface area contributed by atoms with Crippen LogP contribution in [0.15, 0.2) is 59.0 Å². The van der Waals surface area contributed by atoms with Crippen molar-refractivity contribution in [3.05, 3.63) is 59.6 Å². The van der Waals surface area contributed by atoms with Crippen LogP contribution in [0, 0.1) is 5.92 Å². The maximum Gasteiger partial charge on any atom is 0.120 e. The molecule has 28 heavy (non-hydrogen) atoms. The van der Waals surface area contributed by atoms with E-state index in [1.807, 2.05) is 6.20 Å². The summed E-state index contributed by atoms with van der Waals surface area (Å²) >= 11 is 0. The van der Waals surface area contributed by atoms with Gasteiger partial charge in [0.15, 0.2) is 0 Å². The third-order valence-corrected chi connectivity index (χ3v) is 5.14. The first kappa shape index (κ1) is 17.1. The van der Waals surface area contributed by atoms with E-state index in [0.717, 1.165) is 34.9 Å². The third kappa shape index (κ3) is 3.10. The molecule has 0 saturated heterocycles. The molecule has 3 aliphatic rings. The second kappa shape index (κ2) is 6.56. The molecule has 1 saturated carbocycles. The molecule has 0 atom stereocenters. The summed E-state index contributed by atoms with van der Waals surface area (Å²) in [6.45, 7) is 5.27. The van der Waals surface area contributed by atoms with Crippen LogP contribution in [-0.2, 0) is 0 Å². The van der Waals surface area contributed by atoms with E-state index in [1.165, 1.54) is 23.6 Å². The topological polar surface area (TPSA) is 66.1 Å². The van der Waals surface area contributed by atoms with Crippen molar-refractivity contribution in [2.24, 2.45) is 16.8 Å². The molecule has 0 bridgehead atoms. The summed E-state index contributed by atoms with van der Waals surface area (Å²) in [5.74, 6) is 7.69. The standard InChI is InChI=1S/C22H25N5O/c1-14(2)12-27-20-11-24-13-26(23)22(20)21(25-27)17-4-3-16-10-19(28-18-7-8-18)6-5-15(16)9-17/h3-6,9-11,13-14,18,25H,7-8,12,23H2,1-2H3. The van der Waals surface area contributed by atoms with Crippen molar-refractivity contribution >= 4 is 22.8 Å². The average Bonchev–Trinajstić information content (AvgIpc) is 3.41. The second-order valence-corrected chi connectivity index (χ2v) is 8.07. The highest BCUT2D eigenvalue weighted by molar-refractivity contribution is 5.89. The lowest BCUT2D eigenvalue weighted by molar-refractivity contribution is 0.275. The zero-order chi connectivity index (χ0) is 19.3. The lowest BCUT2D eigenvalue weighted by Gasteiger charge is -2.26. The van der Waals surface area contributed by atoms with Crippen molar-refractivity contribution in [1.82, 2.24) is 15.4 Å². The number of nitrogens with two attached hydrogens (primary N) is 1. The van der Waals surface area contributed by atoms with Gasteiger partial charge in [-0.15, -0.1) is 0 Å². The van der Waals surface area contributed by atoms with Gasteiger partial charge in [0, 0.05) is 12.1 Å². The molecule has 0 spiro atoms. The average molecular weight is 375 g/mol. The Morgan fingerprint density at radius 2 is 1.96 bits per heavy atom. The maximum absolute atomic E-state index is 6.23. The Kier molecular flexibility index (Phi) is 4.02. The summed E-state index contributed by atoms with van der Waals surface area (Å²) in [6.07, 6.45) is 6.25. The van der Waals surface area contributed by atoms with Gasteiger partial charge in [-0.25, -0.2) is 10.8 Å². The molecule has 2 heterocycles.